The van der Waals surface area contributed by atoms with Gasteiger partial charge in [0.15, 0.2) is 0 Å². The third kappa shape index (κ3) is 2.91. The molecule has 0 N–H and O–H groups in total. The number of nitrogens with zero attached hydrogens (tertiary/aromatic N) is 2. The molecule has 0 aliphatic heterocycles. The third-order valence-corrected chi connectivity index (χ3v) is 3.75. The normalized spacial score (nSPS) is 12.4. The fourth-order valence-electron chi connectivity index (χ4n) is 2.35. The van der Waals surface area contributed by atoms with Crippen molar-refractivity contribution in [3.05, 3.63) is 52.4 Å². The van der Waals surface area contributed by atoms with E-state index in [1.165, 1.54) is 5.56 Å². The van der Waals surface area contributed by atoms with Crippen molar-refractivity contribution in [1.82, 2.24) is 5.16 Å². The Kier molecular flexibility index (Phi) is 4.24. The van der Waals surface area contributed by atoms with Crippen LogP contribution in [0, 0.1) is 25.2 Å². The van der Waals surface area contributed by atoms with Gasteiger partial charge in [-0.2, -0.15) is 5.26 Å². The molecule has 0 radical (unpaired) electrons. The van der Waals surface area contributed by atoms with Crippen LogP contribution in [0.3, 0.4) is 0 Å². The molecule has 0 saturated heterocycles. The molecule has 20 heavy (non-hydrogen) atoms. The zero-order chi connectivity index (χ0) is 14.7. The summed E-state index contributed by atoms with van der Waals surface area (Å²) in [6.07, 6.45) is 0.651. The topological polar surface area (TPSA) is 49.8 Å². The van der Waals surface area contributed by atoms with Crippen LogP contribution < -0.4 is 0 Å². The van der Waals surface area contributed by atoms with E-state index in [4.69, 9.17) is 4.52 Å². The molecule has 0 amide bonds. The van der Waals surface area contributed by atoms with E-state index in [2.05, 4.69) is 49.3 Å². The van der Waals surface area contributed by atoms with Gasteiger partial charge in [0.25, 0.3) is 0 Å². The molecular formula is C17H20N2O. The molecule has 0 aliphatic rings. The lowest BCUT2D eigenvalue weighted by Gasteiger charge is -2.11. The van der Waals surface area contributed by atoms with Crippen LogP contribution in [0.25, 0.3) is 0 Å². The van der Waals surface area contributed by atoms with Gasteiger partial charge in [0, 0.05) is 5.56 Å². The Bertz CT molecular complexity index is 598. The molecule has 3 heteroatoms. The molecule has 1 unspecified atom stereocenters. The minimum absolute atomic E-state index is 0.159. The van der Waals surface area contributed by atoms with Crippen LogP contribution in [0.4, 0.5) is 0 Å². The van der Waals surface area contributed by atoms with Gasteiger partial charge in [0.1, 0.15) is 5.76 Å². The van der Waals surface area contributed by atoms with Gasteiger partial charge in [-0.05, 0) is 37.3 Å². The molecule has 0 fully saturated rings. The summed E-state index contributed by atoms with van der Waals surface area (Å²) < 4.78 is 5.17. The maximum atomic E-state index is 9.44. The Morgan fingerprint density at radius 1 is 1.15 bits per heavy atom. The summed E-state index contributed by atoms with van der Waals surface area (Å²) in [5.74, 6) is 1.15. The highest BCUT2D eigenvalue weighted by Crippen LogP contribution is 2.25. The van der Waals surface area contributed by atoms with E-state index in [0.29, 0.717) is 12.3 Å². The summed E-state index contributed by atoms with van der Waals surface area (Å²) in [5.41, 5.74) is 4.27. The first kappa shape index (κ1) is 14.3. The molecule has 1 aromatic carbocycles. The van der Waals surface area contributed by atoms with E-state index >= 15 is 0 Å². The highest BCUT2D eigenvalue weighted by molar-refractivity contribution is 5.33. The van der Waals surface area contributed by atoms with Crippen molar-refractivity contribution in [2.24, 2.45) is 0 Å². The molecule has 104 valence electrons. The molecule has 3 nitrogen and oxygen atoms in total. The van der Waals surface area contributed by atoms with Crippen LogP contribution in [0.15, 0.2) is 28.8 Å². The number of aryl methyl sites for hydroxylation is 2. The van der Waals surface area contributed by atoms with E-state index in [9.17, 15) is 5.26 Å². The summed E-state index contributed by atoms with van der Waals surface area (Å²) in [4.78, 5) is 0. The Hall–Kier alpha value is -2.08. The van der Waals surface area contributed by atoms with Gasteiger partial charge in [-0.15, -0.1) is 0 Å². The number of rotatable bonds is 4. The van der Waals surface area contributed by atoms with Crippen molar-refractivity contribution in [2.45, 2.75) is 46.0 Å². The SMILES string of the molecule is Cc1noc(C)c1CC(C#N)c1ccc(C(C)C)cc1. The molecule has 1 aromatic heterocycles. The summed E-state index contributed by atoms with van der Waals surface area (Å²) in [6.45, 7) is 8.15. The van der Waals surface area contributed by atoms with Gasteiger partial charge >= 0.3 is 0 Å². The van der Waals surface area contributed by atoms with Crippen molar-refractivity contribution in [3.63, 3.8) is 0 Å². The quantitative estimate of drug-likeness (QED) is 0.832. The fourth-order valence-corrected chi connectivity index (χ4v) is 2.35. The van der Waals surface area contributed by atoms with Gasteiger partial charge in [-0.1, -0.05) is 43.3 Å². The van der Waals surface area contributed by atoms with Gasteiger partial charge in [0.05, 0.1) is 17.7 Å². The highest BCUT2D eigenvalue weighted by Gasteiger charge is 2.17. The zero-order valence-corrected chi connectivity index (χ0v) is 12.5. The van der Waals surface area contributed by atoms with Crippen LogP contribution in [-0.4, -0.2) is 5.16 Å². The fraction of sp³-hybridized carbons (Fsp3) is 0.412. The van der Waals surface area contributed by atoms with Gasteiger partial charge in [0.2, 0.25) is 0 Å². The van der Waals surface area contributed by atoms with Crippen molar-refractivity contribution >= 4 is 0 Å². The second kappa shape index (κ2) is 5.92. The Morgan fingerprint density at radius 3 is 2.20 bits per heavy atom. The van der Waals surface area contributed by atoms with Crippen LogP contribution >= 0.6 is 0 Å². The monoisotopic (exact) mass is 268 g/mol. The van der Waals surface area contributed by atoms with E-state index in [1.54, 1.807) is 0 Å². The second-order valence-corrected chi connectivity index (χ2v) is 5.51. The Morgan fingerprint density at radius 2 is 1.75 bits per heavy atom. The molecule has 1 heterocycles. The first-order valence-electron chi connectivity index (χ1n) is 6.94. The summed E-state index contributed by atoms with van der Waals surface area (Å²) >= 11 is 0. The number of nitriles is 1. The van der Waals surface area contributed by atoms with E-state index < -0.39 is 0 Å². The smallest absolute Gasteiger partial charge is 0.137 e. The lowest BCUT2D eigenvalue weighted by Crippen LogP contribution is -2.02. The molecule has 0 bridgehead atoms. The largest absolute Gasteiger partial charge is 0.361 e. The molecule has 2 rings (SSSR count). The summed E-state index contributed by atoms with van der Waals surface area (Å²) in [5, 5.41) is 13.4. The standard InChI is InChI=1S/C17H20N2O/c1-11(2)14-5-7-15(8-6-14)16(10-18)9-17-12(3)19-20-13(17)4/h5-8,11,16H,9H2,1-4H3. The second-order valence-electron chi connectivity index (χ2n) is 5.51. The van der Waals surface area contributed by atoms with Gasteiger partial charge < -0.3 is 4.52 Å². The maximum Gasteiger partial charge on any atom is 0.137 e. The minimum atomic E-state index is -0.159. The Balaban J connectivity index is 2.23. The molecule has 0 aliphatic carbocycles. The van der Waals surface area contributed by atoms with Crippen molar-refractivity contribution in [1.29, 1.82) is 5.26 Å². The molecular weight excluding hydrogens is 248 g/mol. The average Bonchev–Trinajstić information content (AvgIpc) is 2.76. The number of hydrogen-bond acceptors (Lipinski definition) is 3. The predicted molar refractivity (Wildman–Crippen MR) is 78.6 cm³/mol. The molecule has 1 atom stereocenters. The van der Waals surface area contributed by atoms with Gasteiger partial charge in [-0.25, -0.2) is 0 Å². The first-order valence-corrected chi connectivity index (χ1v) is 6.94. The first-order chi connectivity index (χ1) is 9.52. The van der Waals surface area contributed by atoms with E-state index in [0.717, 1.165) is 22.6 Å². The van der Waals surface area contributed by atoms with Crippen LogP contribution in [0.5, 0.6) is 0 Å². The predicted octanol–water partition coefficient (Wildman–Crippen LogP) is 4.26. The molecule has 2 aromatic rings. The maximum absolute atomic E-state index is 9.44. The van der Waals surface area contributed by atoms with Crippen LogP contribution in [0.1, 0.15) is 53.8 Å². The summed E-state index contributed by atoms with van der Waals surface area (Å²) in [6, 6.07) is 10.7. The molecule has 0 saturated carbocycles. The number of benzene rings is 1. The van der Waals surface area contributed by atoms with Crippen LogP contribution in [0.2, 0.25) is 0 Å². The van der Waals surface area contributed by atoms with Crippen molar-refractivity contribution in [2.75, 3.05) is 0 Å². The Labute approximate surface area is 120 Å². The average molecular weight is 268 g/mol. The van der Waals surface area contributed by atoms with E-state index in [1.807, 2.05) is 13.8 Å². The lowest BCUT2D eigenvalue weighted by atomic mass is 9.91. The van der Waals surface area contributed by atoms with Crippen molar-refractivity contribution in [3.8, 4) is 6.07 Å². The van der Waals surface area contributed by atoms with Crippen molar-refractivity contribution < 1.29 is 4.52 Å². The zero-order valence-electron chi connectivity index (χ0n) is 12.5. The highest BCUT2D eigenvalue weighted by atomic mass is 16.5. The summed E-state index contributed by atoms with van der Waals surface area (Å²) in [7, 11) is 0. The van der Waals surface area contributed by atoms with E-state index in [-0.39, 0.29) is 5.92 Å². The number of aromatic nitrogens is 1. The van der Waals surface area contributed by atoms with Crippen LogP contribution in [-0.2, 0) is 6.42 Å². The minimum Gasteiger partial charge on any atom is -0.361 e. The van der Waals surface area contributed by atoms with Gasteiger partial charge in [-0.3, -0.25) is 0 Å². The number of hydrogen-bond donors (Lipinski definition) is 0. The molecule has 0 spiro atoms. The third-order valence-electron chi connectivity index (χ3n) is 3.75. The lowest BCUT2D eigenvalue weighted by molar-refractivity contribution is 0.392.